The lowest BCUT2D eigenvalue weighted by Gasteiger charge is -2.23. The van der Waals surface area contributed by atoms with E-state index in [0.29, 0.717) is 37.3 Å². The quantitative estimate of drug-likeness (QED) is 0.453. The Kier molecular flexibility index (Phi) is 7.62. The van der Waals surface area contributed by atoms with Crippen molar-refractivity contribution in [3.8, 4) is 0 Å². The maximum absolute atomic E-state index is 13.2. The van der Waals surface area contributed by atoms with Gasteiger partial charge in [-0.2, -0.15) is 0 Å². The molecule has 1 saturated carbocycles. The summed E-state index contributed by atoms with van der Waals surface area (Å²) in [4.78, 5) is 36.7. The van der Waals surface area contributed by atoms with Crippen LogP contribution in [0.2, 0.25) is 0 Å². The summed E-state index contributed by atoms with van der Waals surface area (Å²) in [5.41, 5.74) is 0.503. The molecule has 30 heavy (non-hydrogen) atoms. The predicted molar refractivity (Wildman–Crippen MR) is 106 cm³/mol. The number of carbonyl (C=O) groups excluding carboxylic acids is 3. The molecule has 9 heteroatoms. The van der Waals surface area contributed by atoms with E-state index < -0.39 is 29.9 Å². The number of amides is 3. The molecule has 8 nitrogen and oxygen atoms in total. The van der Waals surface area contributed by atoms with Gasteiger partial charge in [-0.1, -0.05) is 25.0 Å². The number of alkyl carbamates (subject to hydrolysis) is 1. The van der Waals surface area contributed by atoms with E-state index in [1.807, 2.05) is 0 Å². The first-order valence-electron chi connectivity index (χ1n) is 10.3. The lowest BCUT2D eigenvalue weighted by atomic mass is 9.98. The van der Waals surface area contributed by atoms with Crippen LogP contribution >= 0.6 is 0 Å². The molecule has 0 aromatic heterocycles. The second-order valence-electron chi connectivity index (χ2n) is 7.98. The van der Waals surface area contributed by atoms with Gasteiger partial charge in [0.1, 0.15) is 18.5 Å². The number of rotatable bonds is 10. The van der Waals surface area contributed by atoms with E-state index in [-0.39, 0.29) is 25.0 Å². The van der Waals surface area contributed by atoms with Gasteiger partial charge in [0.05, 0.1) is 12.6 Å². The molecular weight excluding hydrogens is 393 g/mol. The Morgan fingerprint density at radius 3 is 2.67 bits per heavy atom. The lowest BCUT2D eigenvalue weighted by molar-refractivity contribution is -0.126. The fraction of sp³-hybridized carbons (Fsp3) is 0.571. The van der Waals surface area contributed by atoms with E-state index in [9.17, 15) is 23.9 Å². The Balaban J connectivity index is 1.52. The second-order valence-corrected chi connectivity index (χ2v) is 7.98. The van der Waals surface area contributed by atoms with E-state index in [2.05, 4.69) is 16.0 Å². The van der Waals surface area contributed by atoms with Gasteiger partial charge in [0.15, 0.2) is 0 Å². The van der Waals surface area contributed by atoms with Gasteiger partial charge in [-0.3, -0.25) is 9.59 Å². The molecule has 3 atom stereocenters. The first-order valence-corrected chi connectivity index (χ1v) is 10.3. The van der Waals surface area contributed by atoms with E-state index in [1.54, 1.807) is 6.07 Å². The number of halogens is 1. The zero-order valence-corrected chi connectivity index (χ0v) is 16.7. The van der Waals surface area contributed by atoms with Crippen LogP contribution in [0.1, 0.15) is 37.7 Å². The number of carbonyl (C=O) groups is 3. The summed E-state index contributed by atoms with van der Waals surface area (Å²) in [6.07, 6.45) is 2.71. The molecule has 1 aromatic rings. The van der Waals surface area contributed by atoms with Gasteiger partial charge in [-0.15, -0.1) is 0 Å². The minimum Gasteiger partial charge on any atom is -0.445 e. The third kappa shape index (κ3) is 6.69. The Hall–Kier alpha value is -2.68. The summed E-state index contributed by atoms with van der Waals surface area (Å²) in [6.45, 7) is 0.186. The molecule has 3 rings (SSSR count). The zero-order chi connectivity index (χ0) is 21.5. The molecule has 0 spiro atoms. The standard InChI is InChI=1S/C21H28FN3O5/c22-16-3-1-2-14(8-16)12-30-21(29)25-18(9-13-4-5-13)20(28)24-17(11-26)10-15-6-7-23-19(15)27/h1-3,8,13,15,17-18,26H,4-7,9-12H2,(H,23,27)(H,24,28)(H,25,29)/t15-,17-,18-/m0/s1. The molecule has 0 radical (unpaired) electrons. The van der Waals surface area contributed by atoms with Crippen LogP contribution in [0.4, 0.5) is 9.18 Å². The average Bonchev–Trinajstić information content (AvgIpc) is 3.45. The number of ether oxygens (including phenoxy) is 1. The molecule has 164 valence electrons. The van der Waals surface area contributed by atoms with Gasteiger partial charge < -0.3 is 25.8 Å². The number of hydrogen-bond acceptors (Lipinski definition) is 5. The Morgan fingerprint density at radius 1 is 1.23 bits per heavy atom. The summed E-state index contributed by atoms with van der Waals surface area (Å²) in [5.74, 6) is -0.794. The highest BCUT2D eigenvalue weighted by molar-refractivity contribution is 5.86. The van der Waals surface area contributed by atoms with Crippen molar-refractivity contribution in [1.29, 1.82) is 0 Å². The SMILES string of the molecule is O=C(N[C@@H](CC1CC1)C(=O)N[C@H](CO)C[C@@H]1CCNC1=O)OCc1cccc(F)c1. The van der Waals surface area contributed by atoms with Crippen molar-refractivity contribution < 1.29 is 28.6 Å². The molecule has 1 aliphatic carbocycles. The van der Waals surface area contributed by atoms with Gasteiger partial charge in [0, 0.05) is 12.5 Å². The first-order chi connectivity index (χ1) is 14.4. The summed E-state index contributed by atoms with van der Waals surface area (Å²) >= 11 is 0. The number of aliphatic hydroxyl groups excluding tert-OH is 1. The maximum atomic E-state index is 13.2. The molecule has 0 unspecified atom stereocenters. The second kappa shape index (κ2) is 10.4. The van der Waals surface area contributed by atoms with Crippen LogP contribution in [0.15, 0.2) is 24.3 Å². The summed E-state index contributed by atoms with van der Waals surface area (Å²) in [5, 5.41) is 17.7. The minimum atomic E-state index is -0.802. The van der Waals surface area contributed by atoms with Crippen molar-refractivity contribution >= 4 is 17.9 Å². The molecule has 0 bridgehead atoms. The van der Waals surface area contributed by atoms with Crippen LogP contribution in [-0.2, 0) is 20.9 Å². The van der Waals surface area contributed by atoms with Crippen molar-refractivity contribution in [3.63, 3.8) is 0 Å². The normalized spacial score (nSPS) is 20.2. The highest BCUT2D eigenvalue weighted by Gasteiger charge is 2.33. The van der Waals surface area contributed by atoms with Crippen LogP contribution in [0.5, 0.6) is 0 Å². The number of benzene rings is 1. The number of nitrogens with one attached hydrogen (secondary N) is 3. The third-order valence-corrected chi connectivity index (χ3v) is 5.43. The van der Waals surface area contributed by atoms with Gasteiger partial charge in [-0.05, 0) is 42.9 Å². The van der Waals surface area contributed by atoms with Gasteiger partial charge in [0.2, 0.25) is 11.8 Å². The van der Waals surface area contributed by atoms with Crippen LogP contribution in [0.25, 0.3) is 0 Å². The van der Waals surface area contributed by atoms with Crippen LogP contribution in [-0.4, -0.2) is 48.2 Å². The molecule has 1 aromatic carbocycles. The summed E-state index contributed by atoms with van der Waals surface area (Å²) < 4.78 is 18.3. The fourth-order valence-electron chi connectivity index (χ4n) is 3.57. The highest BCUT2D eigenvalue weighted by Crippen LogP contribution is 2.33. The van der Waals surface area contributed by atoms with E-state index in [4.69, 9.17) is 4.74 Å². The third-order valence-electron chi connectivity index (χ3n) is 5.43. The number of hydrogen-bond donors (Lipinski definition) is 4. The Labute approximate surface area is 174 Å². The topological polar surface area (TPSA) is 117 Å². The average molecular weight is 421 g/mol. The van der Waals surface area contributed by atoms with Crippen LogP contribution in [0, 0.1) is 17.7 Å². The monoisotopic (exact) mass is 421 g/mol. The Bertz CT molecular complexity index is 771. The minimum absolute atomic E-state index is 0.0729. The maximum Gasteiger partial charge on any atom is 0.408 e. The molecule has 1 saturated heterocycles. The smallest absolute Gasteiger partial charge is 0.408 e. The molecule has 1 heterocycles. The van der Waals surface area contributed by atoms with E-state index in [1.165, 1.54) is 18.2 Å². The van der Waals surface area contributed by atoms with Crippen molar-refractivity contribution in [1.82, 2.24) is 16.0 Å². The van der Waals surface area contributed by atoms with E-state index in [0.717, 1.165) is 12.8 Å². The van der Waals surface area contributed by atoms with Crippen molar-refractivity contribution in [3.05, 3.63) is 35.6 Å². The molecule has 4 N–H and O–H groups in total. The van der Waals surface area contributed by atoms with Crippen molar-refractivity contribution in [2.45, 2.75) is 50.8 Å². The van der Waals surface area contributed by atoms with Gasteiger partial charge in [-0.25, -0.2) is 9.18 Å². The fourth-order valence-corrected chi connectivity index (χ4v) is 3.57. The molecule has 3 amide bonds. The van der Waals surface area contributed by atoms with Crippen LogP contribution in [0.3, 0.4) is 0 Å². The highest BCUT2D eigenvalue weighted by atomic mass is 19.1. The predicted octanol–water partition coefficient (Wildman–Crippen LogP) is 1.22. The number of aliphatic hydroxyl groups is 1. The lowest BCUT2D eigenvalue weighted by Crippen LogP contribution is -2.51. The van der Waals surface area contributed by atoms with E-state index >= 15 is 0 Å². The summed E-state index contributed by atoms with van der Waals surface area (Å²) in [7, 11) is 0. The van der Waals surface area contributed by atoms with Gasteiger partial charge in [0.25, 0.3) is 0 Å². The van der Waals surface area contributed by atoms with Gasteiger partial charge >= 0.3 is 6.09 Å². The van der Waals surface area contributed by atoms with Crippen LogP contribution < -0.4 is 16.0 Å². The first kappa shape index (κ1) is 22.0. The van der Waals surface area contributed by atoms with Crippen molar-refractivity contribution in [2.75, 3.05) is 13.2 Å². The van der Waals surface area contributed by atoms with Crippen molar-refractivity contribution in [2.24, 2.45) is 11.8 Å². The molecule has 1 aliphatic heterocycles. The molecular formula is C21H28FN3O5. The molecule has 2 fully saturated rings. The molecule has 2 aliphatic rings. The largest absolute Gasteiger partial charge is 0.445 e. The summed E-state index contributed by atoms with van der Waals surface area (Å²) in [6, 6.07) is 4.35. The zero-order valence-electron chi connectivity index (χ0n) is 16.7. The Morgan fingerprint density at radius 2 is 2.03 bits per heavy atom.